The molecule has 66 valence electrons. The van der Waals surface area contributed by atoms with Crippen molar-refractivity contribution >= 4 is 5.69 Å². The summed E-state index contributed by atoms with van der Waals surface area (Å²) in [5.41, 5.74) is 2.36. The van der Waals surface area contributed by atoms with Crippen LogP contribution in [-0.4, -0.2) is 13.2 Å². The lowest BCUT2D eigenvalue weighted by Crippen LogP contribution is -2.12. The van der Waals surface area contributed by atoms with Gasteiger partial charge in [0.05, 0.1) is 6.61 Å². The highest BCUT2D eigenvalue weighted by molar-refractivity contribution is 5.50. The third-order valence-corrected chi connectivity index (χ3v) is 1.68. The fourth-order valence-corrected chi connectivity index (χ4v) is 1.02. The van der Waals surface area contributed by atoms with Gasteiger partial charge in [-0.3, -0.25) is 0 Å². The van der Waals surface area contributed by atoms with Gasteiger partial charge in [-0.2, -0.15) is 0 Å². The van der Waals surface area contributed by atoms with Crippen molar-refractivity contribution in [2.24, 2.45) is 5.90 Å². The summed E-state index contributed by atoms with van der Waals surface area (Å²) in [6.07, 6.45) is 0. The fourth-order valence-electron chi connectivity index (χ4n) is 1.02. The quantitative estimate of drug-likeness (QED) is 0.523. The topological polar surface area (TPSA) is 47.3 Å². The Bertz CT molecular complexity index is 238. The van der Waals surface area contributed by atoms with Gasteiger partial charge >= 0.3 is 0 Å². The van der Waals surface area contributed by atoms with E-state index in [2.05, 4.69) is 23.1 Å². The van der Waals surface area contributed by atoms with Crippen LogP contribution in [0.15, 0.2) is 24.3 Å². The van der Waals surface area contributed by atoms with Crippen LogP contribution in [0.1, 0.15) is 5.56 Å². The third kappa shape index (κ3) is 2.53. The van der Waals surface area contributed by atoms with Gasteiger partial charge in [0, 0.05) is 12.2 Å². The lowest BCUT2D eigenvalue weighted by atomic mass is 10.2. The number of nitrogens with one attached hydrogen (secondary N) is 1. The van der Waals surface area contributed by atoms with Crippen molar-refractivity contribution < 1.29 is 4.84 Å². The minimum atomic E-state index is 0.522. The Morgan fingerprint density at radius 2 is 2.17 bits per heavy atom. The number of aryl methyl sites for hydroxylation is 1. The van der Waals surface area contributed by atoms with Gasteiger partial charge < -0.3 is 10.2 Å². The summed E-state index contributed by atoms with van der Waals surface area (Å²) in [7, 11) is 0. The number of anilines is 1. The molecule has 0 amide bonds. The molecule has 0 unspecified atom stereocenters. The molecule has 0 aliphatic rings. The van der Waals surface area contributed by atoms with Crippen molar-refractivity contribution in [3.8, 4) is 0 Å². The maximum Gasteiger partial charge on any atom is 0.0851 e. The Hall–Kier alpha value is -1.06. The Morgan fingerprint density at radius 1 is 1.42 bits per heavy atom. The molecule has 1 aromatic carbocycles. The fraction of sp³-hybridized carbons (Fsp3) is 0.333. The molecule has 0 bridgehead atoms. The lowest BCUT2D eigenvalue weighted by Gasteiger charge is -2.07. The highest BCUT2D eigenvalue weighted by atomic mass is 16.6. The van der Waals surface area contributed by atoms with Crippen LogP contribution in [-0.2, 0) is 4.84 Å². The Morgan fingerprint density at radius 3 is 2.83 bits per heavy atom. The molecule has 3 nitrogen and oxygen atoms in total. The van der Waals surface area contributed by atoms with Crippen molar-refractivity contribution in [3.05, 3.63) is 29.8 Å². The lowest BCUT2D eigenvalue weighted by molar-refractivity contribution is 0.148. The summed E-state index contributed by atoms with van der Waals surface area (Å²) in [5.74, 6) is 4.89. The predicted molar refractivity (Wildman–Crippen MR) is 49.8 cm³/mol. The first-order chi connectivity index (χ1) is 5.84. The predicted octanol–water partition coefficient (Wildman–Crippen LogP) is 1.30. The van der Waals surface area contributed by atoms with E-state index in [9.17, 15) is 0 Å². The molecular weight excluding hydrogens is 152 g/mol. The molecule has 0 atom stereocenters. The van der Waals surface area contributed by atoms with E-state index in [0.29, 0.717) is 6.61 Å². The maximum absolute atomic E-state index is 4.89. The summed E-state index contributed by atoms with van der Waals surface area (Å²) >= 11 is 0. The summed E-state index contributed by atoms with van der Waals surface area (Å²) < 4.78 is 0. The van der Waals surface area contributed by atoms with E-state index < -0.39 is 0 Å². The van der Waals surface area contributed by atoms with Gasteiger partial charge in [-0.25, -0.2) is 5.90 Å². The van der Waals surface area contributed by atoms with Crippen LogP contribution in [0.4, 0.5) is 5.69 Å². The van der Waals surface area contributed by atoms with E-state index in [4.69, 9.17) is 5.90 Å². The van der Waals surface area contributed by atoms with E-state index in [-0.39, 0.29) is 0 Å². The number of hydrogen-bond donors (Lipinski definition) is 2. The number of benzene rings is 1. The van der Waals surface area contributed by atoms with Crippen LogP contribution in [0.5, 0.6) is 0 Å². The van der Waals surface area contributed by atoms with Crippen LogP contribution >= 0.6 is 0 Å². The van der Waals surface area contributed by atoms with Crippen molar-refractivity contribution in [1.82, 2.24) is 0 Å². The number of para-hydroxylation sites is 1. The summed E-state index contributed by atoms with van der Waals surface area (Å²) in [4.78, 5) is 4.44. The van der Waals surface area contributed by atoms with Crippen molar-refractivity contribution in [2.45, 2.75) is 6.92 Å². The highest BCUT2D eigenvalue weighted by Gasteiger charge is 1.93. The van der Waals surface area contributed by atoms with Crippen molar-refractivity contribution in [1.29, 1.82) is 0 Å². The van der Waals surface area contributed by atoms with Crippen molar-refractivity contribution in [3.63, 3.8) is 0 Å². The number of rotatable bonds is 4. The first kappa shape index (κ1) is 9.03. The van der Waals surface area contributed by atoms with Gasteiger partial charge in [0.15, 0.2) is 0 Å². The van der Waals surface area contributed by atoms with Gasteiger partial charge in [0.25, 0.3) is 0 Å². The minimum Gasteiger partial charge on any atom is -0.382 e. The van der Waals surface area contributed by atoms with E-state index >= 15 is 0 Å². The first-order valence-electron chi connectivity index (χ1n) is 3.96. The number of hydrogen-bond acceptors (Lipinski definition) is 3. The molecule has 0 heterocycles. The summed E-state index contributed by atoms with van der Waals surface area (Å²) in [6.45, 7) is 3.32. The van der Waals surface area contributed by atoms with Crippen LogP contribution in [0.25, 0.3) is 0 Å². The van der Waals surface area contributed by atoms with E-state index in [0.717, 1.165) is 12.2 Å². The van der Waals surface area contributed by atoms with E-state index in [1.54, 1.807) is 0 Å². The van der Waals surface area contributed by atoms with E-state index in [1.165, 1.54) is 5.56 Å². The molecule has 3 heteroatoms. The highest BCUT2D eigenvalue weighted by Crippen LogP contribution is 2.11. The molecular formula is C9H14N2O. The zero-order chi connectivity index (χ0) is 8.81. The van der Waals surface area contributed by atoms with Gasteiger partial charge in [-0.15, -0.1) is 0 Å². The molecule has 0 radical (unpaired) electrons. The molecule has 0 saturated heterocycles. The van der Waals surface area contributed by atoms with Gasteiger partial charge in [-0.1, -0.05) is 18.2 Å². The molecule has 1 aromatic rings. The largest absolute Gasteiger partial charge is 0.382 e. The third-order valence-electron chi connectivity index (χ3n) is 1.68. The normalized spacial score (nSPS) is 9.83. The van der Waals surface area contributed by atoms with Crippen LogP contribution in [0, 0.1) is 6.92 Å². The average Bonchev–Trinajstić information content (AvgIpc) is 2.09. The SMILES string of the molecule is Cc1ccccc1NCCON. The van der Waals surface area contributed by atoms with Crippen molar-refractivity contribution in [2.75, 3.05) is 18.5 Å². The average molecular weight is 166 g/mol. The molecule has 12 heavy (non-hydrogen) atoms. The number of nitrogens with two attached hydrogens (primary N) is 1. The Balaban J connectivity index is 2.46. The van der Waals surface area contributed by atoms with Crippen LogP contribution in [0.3, 0.4) is 0 Å². The first-order valence-corrected chi connectivity index (χ1v) is 3.96. The molecule has 3 N–H and O–H groups in total. The summed E-state index contributed by atoms with van der Waals surface area (Å²) in [6, 6.07) is 8.11. The standard InChI is InChI=1S/C9H14N2O/c1-8-4-2-3-5-9(8)11-6-7-12-10/h2-5,11H,6-7,10H2,1H3. The van der Waals surface area contributed by atoms with Gasteiger partial charge in [0.1, 0.15) is 0 Å². The molecule has 0 aliphatic heterocycles. The molecule has 1 rings (SSSR count). The Labute approximate surface area is 72.5 Å². The Kier molecular flexibility index (Phi) is 3.57. The second-order valence-corrected chi connectivity index (χ2v) is 2.61. The monoisotopic (exact) mass is 166 g/mol. The second-order valence-electron chi connectivity index (χ2n) is 2.61. The zero-order valence-electron chi connectivity index (χ0n) is 7.21. The summed E-state index contributed by atoms with van der Waals surface area (Å²) in [5, 5.41) is 3.21. The molecule has 0 fully saturated rings. The van der Waals surface area contributed by atoms with Gasteiger partial charge in [0.2, 0.25) is 0 Å². The molecule has 0 saturated carbocycles. The zero-order valence-corrected chi connectivity index (χ0v) is 7.21. The minimum absolute atomic E-state index is 0.522. The smallest absolute Gasteiger partial charge is 0.0851 e. The van der Waals surface area contributed by atoms with Crippen LogP contribution in [0.2, 0.25) is 0 Å². The van der Waals surface area contributed by atoms with Crippen LogP contribution < -0.4 is 11.2 Å². The molecule has 0 aromatic heterocycles. The second kappa shape index (κ2) is 4.74. The molecule has 0 spiro atoms. The molecule has 0 aliphatic carbocycles. The van der Waals surface area contributed by atoms with Gasteiger partial charge in [-0.05, 0) is 18.6 Å². The maximum atomic E-state index is 4.89. The van der Waals surface area contributed by atoms with E-state index in [1.807, 2.05) is 18.2 Å².